The van der Waals surface area contributed by atoms with Gasteiger partial charge in [0, 0.05) is 35.5 Å². The molecule has 0 atom stereocenters. The fraction of sp³-hybridized carbons (Fsp3) is 0.136. The number of amidine groups is 2. The summed E-state index contributed by atoms with van der Waals surface area (Å²) in [4.78, 5) is 13.0. The van der Waals surface area contributed by atoms with Gasteiger partial charge in [-0.25, -0.2) is 9.98 Å². The smallest absolute Gasteiger partial charge is 0.161 e. The maximum atomic E-state index is 6.04. The lowest BCUT2D eigenvalue weighted by Gasteiger charge is -2.04. The van der Waals surface area contributed by atoms with E-state index >= 15 is 0 Å². The molecule has 1 heterocycles. The van der Waals surface area contributed by atoms with Crippen molar-refractivity contribution in [2.24, 2.45) is 15.0 Å². The minimum atomic E-state index is 0.529. The van der Waals surface area contributed by atoms with Crippen LogP contribution in [0.5, 0.6) is 0 Å². The molecule has 2 aromatic carbocycles. The van der Waals surface area contributed by atoms with Crippen molar-refractivity contribution in [1.29, 1.82) is 0 Å². The molecule has 0 unspecified atom stereocenters. The number of rotatable bonds is 2. The number of furan rings is 1. The van der Waals surface area contributed by atoms with E-state index in [2.05, 4.69) is 39.9 Å². The summed E-state index contributed by atoms with van der Waals surface area (Å²) in [7, 11) is 1.72. The van der Waals surface area contributed by atoms with Crippen LogP contribution in [-0.2, 0) is 6.42 Å². The second kappa shape index (κ2) is 6.92. The van der Waals surface area contributed by atoms with E-state index < -0.39 is 0 Å². The summed E-state index contributed by atoms with van der Waals surface area (Å²) < 4.78 is 6.04. The van der Waals surface area contributed by atoms with Gasteiger partial charge >= 0.3 is 0 Å². The molecule has 1 aromatic heterocycles. The minimum Gasteiger partial charge on any atom is -0.460 e. The third-order valence-electron chi connectivity index (χ3n) is 4.49. The molecule has 4 nitrogen and oxygen atoms in total. The second-order valence-corrected chi connectivity index (χ2v) is 6.10. The predicted molar refractivity (Wildman–Crippen MR) is 109 cm³/mol. The largest absolute Gasteiger partial charge is 0.460 e. The number of aliphatic imine (C=N–C) groups is 3. The van der Waals surface area contributed by atoms with Crippen molar-refractivity contribution in [2.45, 2.75) is 12.8 Å². The average Bonchev–Trinajstić information content (AvgIpc) is 3.07. The zero-order chi connectivity index (χ0) is 17.9. The Morgan fingerprint density at radius 1 is 1.04 bits per heavy atom. The van der Waals surface area contributed by atoms with Crippen LogP contribution in [0.25, 0.3) is 17.0 Å². The van der Waals surface area contributed by atoms with Gasteiger partial charge in [0.15, 0.2) is 11.7 Å². The highest BCUT2D eigenvalue weighted by molar-refractivity contribution is 6.13. The second-order valence-electron chi connectivity index (χ2n) is 6.10. The Morgan fingerprint density at radius 2 is 1.88 bits per heavy atom. The molecule has 0 saturated carbocycles. The summed E-state index contributed by atoms with van der Waals surface area (Å²) in [6, 6.07) is 15.9. The van der Waals surface area contributed by atoms with E-state index in [1.807, 2.05) is 42.5 Å². The normalized spacial score (nSPS) is 14.5. The SMILES string of the molecule is C=NC(=NC(=NC)c1ccccc1)c1ccc2c3c(oc2c1)CCC=C3. The Labute approximate surface area is 152 Å². The number of fused-ring (bicyclic) bond motifs is 3. The number of hydrogen-bond acceptors (Lipinski definition) is 2. The first-order valence-corrected chi connectivity index (χ1v) is 8.60. The summed E-state index contributed by atoms with van der Waals surface area (Å²) in [5.74, 6) is 2.20. The fourth-order valence-electron chi connectivity index (χ4n) is 3.21. The van der Waals surface area contributed by atoms with Crippen LogP contribution in [0.1, 0.15) is 28.9 Å². The maximum absolute atomic E-state index is 6.04. The summed E-state index contributed by atoms with van der Waals surface area (Å²) in [6.45, 7) is 3.69. The molecule has 0 amide bonds. The van der Waals surface area contributed by atoms with Crippen LogP contribution in [0.3, 0.4) is 0 Å². The van der Waals surface area contributed by atoms with Gasteiger partial charge in [-0.3, -0.25) is 4.99 Å². The Hall–Kier alpha value is -3.27. The Morgan fingerprint density at radius 3 is 2.65 bits per heavy atom. The van der Waals surface area contributed by atoms with E-state index in [1.165, 1.54) is 5.56 Å². The van der Waals surface area contributed by atoms with Crippen molar-refractivity contribution >= 4 is 35.4 Å². The van der Waals surface area contributed by atoms with Gasteiger partial charge in [-0.2, -0.15) is 0 Å². The van der Waals surface area contributed by atoms with Gasteiger partial charge in [-0.05, 0) is 25.3 Å². The maximum Gasteiger partial charge on any atom is 0.161 e. The first-order chi connectivity index (χ1) is 12.8. The van der Waals surface area contributed by atoms with Gasteiger partial charge in [0.2, 0.25) is 0 Å². The van der Waals surface area contributed by atoms with E-state index in [4.69, 9.17) is 4.42 Å². The first-order valence-electron chi connectivity index (χ1n) is 8.60. The molecule has 0 radical (unpaired) electrons. The molecule has 26 heavy (non-hydrogen) atoms. The molecule has 4 heteroatoms. The molecule has 4 rings (SSSR count). The molecule has 1 aliphatic carbocycles. The zero-order valence-electron chi connectivity index (χ0n) is 14.6. The highest BCUT2D eigenvalue weighted by atomic mass is 16.3. The van der Waals surface area contributed by atoms with Crippen molar-refractivity contribution in [1.82, 2.24) is 0 Å². The lowest BCUT2D eigenvalue weighted by Crippen LogP contribution is -2.04. The van der Waals surface area contributed by atoms with E-state index in [9.17, 15) is 0 Å². The molecular weight excluding hydrogens is 322 g/mol. The van der Waals surface area contributed by atoms with Gasteiger partial charge in [-0.15, -0.1) is 0 Å². The fourth-order valence-corrected chi connectivity index (χ4v) is 3.21. The van der Waals surface area contributed by atoms with Crippen LogP contribution in [-0.4, -0.2) is 25.4 Å². The molecule has 0 N–H and O–H groups in total. The first kappa shape index (κ1) is 16.2. The van der Waals surface area contributed by atoms with Crippen LogP contribution in [0.2, 0.25) is 0 Å². The van der Waals surface area contributed by atoms with Crippen molar-refractivity contribution in [3.63, 3.8) is 0 Å². The quantitative estimate of drug-likeness (QED) is 0.482. The van der Waals surface area contributed by atoms with Gasteiger partial charge in [-0.1, -0.05) is 48.6 Å². The van der Waals surface area contributed by atoms with Crippen LogP contribution in [0.4, 0.5) is 0 Å². The standard InChI is InChI=1S/C22H19N3O/c1-23-21(15-8-4-3-5-9-15)25-22(24-2)16-12-13-18-17-10-6-7-11-19(17)26-20(18)14-16/h3-6,8-10,12-14H,2,7,11H2,1H3. The van der Waals surface area contributed by atoms with Crippen LogP contribution in [0, 0.1) is 0 Å². The minimum absolute atomic E-state index is 0.529. The van der Waals surface area contributed by atoms with E-state index in [-0.39, 0.29) is 0 Å². The summed E-state index contributed by atoms with van der Waals surface area (Å²) in [5.41, 5.74) is 3.84. The molecule has 1 aliphatic rings. The van der Waals surface area contributed by atoms with Crippen LogP contribution in [0.15, 0.2) is 74.0 Å². The van der Waals surface area contributed by atoms with Crippen molar-refractivity contribution < 1.29 is 4.42 Å². The zero-order valence-corrected chi connectivity index (χ0v) is 14.6. The van der Waals surface area contributed by atoms with Crippen molar-refractivity contribution in [3.8, 4) is 0 Å². The van der Waals surface area contributed by atoms with Gasteiger partial charge in [0.25, 0.3) is 0 Å². The third kappa shape index (κ3) is 2.90. The lowest BCUT2D eigenvalue weighted by molar-refractivity contribution is 0.546. The summed E-state index contributed by atoms with van der Waals surface area (Å²) >= 11 is 0. The third-order valence-corrected chi connectivity index (χ3v) is 4.49. The van der Waals surface area contributed by atoms with Gasteiger partial charge < -0.3 is 4.42 Å². The molecule has 128 valence electrons. The highest BCUT2D eigenvalue weighted by Crippen LogP contribution is 2.31. The van der Waals surface area contributed by atoms with E-state index in [1.54, 1.807) is 7.05 Å². The number of aryl methyl sites for hydroxylation is 1. The molecule has 0 fully saturated rings. The summed E-state index contributed by atoms with van der Waals surface area (Å²) in [6.07, 6.45) is 6.29. The molecule has 0 bridgehead atoms. The lowest BCUT2D eigenvalue weighted by atomic mass is 10.0. The highest BCUT2D eigenvalue weighted by Gasteiger charge is 2.15. The Balaban J connectivity index is 1.77. The monoisotopic (exact) mass is 341 g/mol. The number of hydrogen-bond donors (Lipinski definition) is 0. The molecular formula is C22H19N3O. The Bertz CT molecular complexity index is 1060. The van der Waals surface area contributed by atoms with Gasteiger partial charge in [0.05, 0.1) is 0 Å². The number of allylic oxidation sites excluding steroid dienone is 1. The van der Waals surface area contributed by atoms with Crippen LogP contribution < -0.4 is 0 Å². The number of nitrogens with zero attached hydrogens (tertiary/aromatic N) is 3. The van der Waals surface area contributed by atoms with Crippen molar-refractivity contribution in [2.75, 3.05) is 7.05 Å². The number of benzene rings is 2. The molecule has 0 spiro atoms. The Kier molecular flexibility index (Phi) is 4.32. The predicted octanol–water partition coefficient (Wildman–Crippen LogP) is 4.92. The van der Waals surface area contributed by atoms with Gasteiger partial charge in [0.1, 0.15) is 11.3 Å². The van der Waals surface area contributed by atoms with Crippen molar-refractivity contribution in [3.05, 3.63) is 77.1 Å². The van der Waals surface area contributed by atoms with E-state index in [0.29, 0.717) is 11.7 Å². The molecule has 0 aliphatic heterocycles. The van der Waals surface area contributed by atoms with Crippen LogP contribution >= 0.6 is 0 Å². The summed E-state index contributed by atoms with van der Waals surface area (Å²) in [5, 5.41) is 1.12. The average molecular weight is 341 g/mol. The van der Waals surface area contributed by atoms with E-state index in [0.717, 1.165) is 40.7 Å². The molecule has 3 aromatic rings. The topological polar surface area (TPSA) is 50.2 Å². The molecule has 0 saturated heterocycles.